The predicted octanol–water partition coefficient (Wildman–Crippen LogP) is 2.38. The molecule has 1 aliphatic heterocycles. The fourth-order valence-electron chi connectivity index (χ4n) is 4.65. The number of hydrogen-bond donors (Lipinski definition) is 4. The molecule has 0 radical (unpaired) electrons. The molecule has 5 atom stereocenters. The van der Waals surface area contributed by atoms with Crippen LogP contribution in [0.5, 0.6) is 0 Å². The van der Waals surface area contributed by atoms with Gasteiger partial charge in [-0.05, 0) is 43.4 Å². The lowest BCUT2D eigenvalue weighted by Crippen LogP contribution is -2.61. The molecule has 4 N–H and O–H groups in total. The summed E-state index contributed by atoms with van der Waals surface area (Å²) in [5.74, 6) is 0. The van der Waals surface area contributed by atoms with E-state index in [0.717, 1.165) is 32.9 Å². The molecule has 2 aromatic heterocycles. The van der Waals surface area contributed by atoms with Gasteiger partial charge in [-0.2, -0.15) is 4.57 Å². The molecule has 150 valence electrons. The predicted molar refractivity (Wildman–Crippen MR) is 111 cm³/mol. The second kappa shape index (κ2) is 6.50. The van der Waals surface area contributed by atoms with Crippen molar-refractivity contribution in [1.29, 1.82) is 0 Å². The minimum atomic E-state index is -1.26. The lowest BCUT2D eigenvalue weighted by molar-refractivity contribution is -0.776. The van der Waals surface area contributed by atoms with Gasteiger partial charge in [-0.25, -0.2) is 0 Å². The summed E-state index contributed by atoms with van der Waals surface area (Å²) >= 11 is 0. The van der Waals surface area contributed by atoms with Gasteiger partial charge in [0.05, 0.1) is 11.6 Å². The summed E-state index contributed by atoms with van der Waals surface area (Å²) in [5.41, 5.74) is 4.55. The number of H-pyrrole nitrogens is 1. The zero-order chi connectivity index (χ0) is 20.4. The first-order valence-corrected chi connectivity index (χ1v) is 9.92. The fraction of sp³-hybridized carbons (Fsp3) is 0.348. The molecule has 6 nitrogen and oxygen atoms in total. The average Bonchev–Trinajstić information content (AvgIpc) is 3.13. The van der Waals surface area contributed by atoms with E-state index in [1.807, 2.05) is 30.6 Å². The number of nitrogens with zero attached hydrogens (tertiary/aromatic N) is 1. The van der Waals surface area contributed by atoms with Crippen LogP contribution >= 0.6 is 0 Å². The SMILES string of the molecule is Cc1c2cc[n+]([C@@H]3O[C@H](C)[C@H](O)[C@H](O)[C@H]3O)cc2c(C)c2c1[nH]c1ccccc12. The molecular weight excluding hydrogens is 368 g/mol. The van der Waals surface area contributed by atoms with E-state index in [-0.39, 0.29) is 0 Å². The van der Waals surface area contributed by atoms with Crippen LogP contribution in [0.3, 0.4) is 0 Å². The smallest absolute Gasteiger partial charge is 0.291 e. The van der Waals surface area contributed by atoms with E-state index in [9.17, 15) is 15.3 Å². The second-order valence-electron chi connectivity index (χ2n) is 8.09. The first kappa shape index (κ1) is 18.5. The molecule has 0 saturated carbocycles. The van der Waals surface area contributed by atoms with Gasteiger partial charge in [0.2, 0.25) is 0 Å². The maximum atomic E-state index is 10.5. The third-order valence-electron chi connectivity index (χ3n) is 6.37. The van der Waals surface area contributed by atoms with Gasteiger partial charge in [0, 0.05) is 27.7 Å². The average molecular weight is 393 g/mol. The number of aromatic amines is 1. The number of ether oxygens (including phenoxy) is 1. The van der Waals surface area contributed by atoms with E-state index < -0.39 is 30.6 Å². The van der Waals surface area contributed by atoms with Crippen molar-refractivity contribution in [3.05, 3.63) is 53.9 Å². The number of rotatable bonds is 1. The Labute approximate surface area is 168 Å². The van der Waals surface area contributed by atoms with E-state index in [0.29, 0.717) is 0 Å². The topological polar surface area (TPSA) is 89.6 Å². The minimum Gasteiger partial charge on any atom is -0.388 e. The number of aliphatic hydroxyl groups is 3. The number of hydrogen-bond acceptors (Lipinski definition) is 4. The Balaban J connectivity index is 1.74. The summed E-state index contributed by atoms with van der Waals surface area (Å²) in [6.07, 6.45) is -1.13. The Morgan fingerprint density at radius 3 is 2.45 bits per heavy atom. The number of aromatic nitrogens is 2. The first-order valence-electron chi connectivity index (χ1n) is 9.92. The Kier molecular flexibility index (Phi) is 4.15. The molecule has 0 unspecified atom stereocenters. The normalized spacial score (nSPS) is 27.9. The van der Waals surface area contributed by atoms with Crippen LogP contribution in [0.25, 0.3) is 32.6 Å². The summed E-state index contributed by atoms with van der Waals surface area (Å²) in [5, 5.41) is 35.2. The Morgan fingerprint density at radius 2 is 1.66 bits per heavy atom. The van der Waals surface area contributed by atoms with Crippen LogP contribution in [0.2, 0.25) is 0 Å². The third-order valence-corrected chi connectivity index (χ3v) is 6.37. The van der Waals surface area contributed by atoms with Gasteiger partial charge in [-0.1, -0.05) is 18.2 Å². The number of para-hydroxylation sites is 1. The molecule has 0 bridgehead atoms. The third kappa shape index (κ3) is 2.60. The molecule has 0 spiro atoms. The Morgan fingerprint density at radius 1 is 0.897 bits per heavy atom. The van der Waals surface area contributed by atoms with Crippen LogP contribution in [-0.2, 0) is 4.74 Å². The highest BCUT2D eigenvalue weighted by molar-refractivity contribution is 6.16. The second-order valence-corrected chi connectivity index (χ2v) is 8.09. The number of nitrogens with one attached hydrogen (secondary N) is 1. The van der Waals surface area contributed by atoms with Crippen molar-refractivity contribution >= 4 is 32.6 Å². The molecule has 3 heterocycles. The number of fused-ring (bicyclic) bond motifs is 4. The van der Waals surface area contributed by atoms with Crippen LogP contribution in [-0.4, -0.2) is 44.7 Å². The highest BCUT2D eigenvalue weighted by Crippen LogP contribution is 2.36. The van der Waals surface area contributed by atoms with Crippen LogP contribution in [0.1, 0.15) is 24.3 Å². The van der Waals surface area contributed by atoms with Crippen molar-refractivity contribution < 1.29 is 24.6 Å². The number of benzene rings is 2. The van der Waals surface area contributed by atoms with E-state index >= 15 is 0 Å². The standard InChI is InChI=1S/C23H24N2O4/c1-11-16-10-25(23-22(28)21(27)20(26)13(3)29-23)9-8-14(16)12(2)19-18(11)15-6-4-5-7-17(15)24-19/h4-10,13,20-23,26-28H,1-3H3/p+1/t13-,20+,21+,22-,23-/m1/s1. The van der Waals surface area contributed by atoms with Gasteiger partial charge < -0.3 is 25.0 Å². The molecule has 1 saturated heterocycles. The first-order chi connectivity index (χ1) is 13.9. The van der Waals surface area contributed by atoms with Gasteiger partial charge in [0.15, 0.2) is 18.5 Å². The summed E-state index contributed by atoms with van der Waals surface area (Å²) in [6.45, 7) is 5.91. The van der Waals surface area contributed by atoms with Crippen molar-refractivity contribution in [2.24, 2.45) is 0 Å². The van der Waals surface area contributed by atoms with Crippen molar-refractivity contribution in [1.82, 2.24) is 4.98 Å². The van der Waals surface area contributed by atoms with Crippen LogP contribution < -0.4 is 4.57 Å². The zero-order valence-corrected chi connectivity index (χ0v) is 16.6. The van der Waals surface area contributed by atoms with Crippen LogP contribution in [0.15, 0.2) is 42.7 Å². The van der Waals surface area contributed by atoms with Crippen molar-refractivity contribution in [2.75, 3.05) is 0 Å². The molecule has 1 aliphatic rings. The molecule has 4 aromatic rings. The van der Waals surface area contributed by atoms with E-state index in [4.69, 9.17) is 4.74 Å². The molecule has 2 aromatic carbocycles. The summed E-state index contributed by atoms with van der Waals surface area (Å²) in [7, 11) is 0. The van der Waals surface area contributed by atoms with Gasteiger partial charge in [0.1, 0.15) is 12.2 Å². The number of pyridine rings is 1. The van der Waals surface area contributed by atoms with Crippen molar-refractivity contribution in [3.8, 4) is 0 Å². The molecule has 0 amide bonds. The van der Waals surface area contributed by atoms with Crippen molar-refractivity contribution in [2.45, 2.75) is 51.4 Å². The molecule has 29 heavy (non-hydrogen) atoms. The number of aliphatic hydroxyl groups excluding tert-OH is 3. The van der Waals surface area contributed by atoms with Crippen LogP contribution in [0, 0.1) is 13.8 Å². The van der Waals surface area contributed by atoms with E-state index in [1.165, 1.54) is 10.8 Å². The number of aryl methyl sites for hydroxylation is 2. The minimum absolute atomic E-state index is 0.583. The van der Waals surface area contributed by atoms with Gasteiger partial charge in [-0.3, -0.25) is 0 Å². The summed E-state index contributed by atoms with van der Waals surface area (Å²) in [6, 6.07) is 10.3. The van der Waals surface area contributed by atoms with Crippen LogP contribution in [0.4, 0.5) is 0 Å². The Hall–Kier alpha value is -2.51. The summed E-state index contributed by atoms with van der Waals surface area (Å²) in [4.78, 5) is 3.55. The maximum absolute atomic E-state index is 10.5. The summed E-state index contributed by atoms with van der Waals surface area (Å²) < 4.78 is 7.61. The molecule has 0 aliphatic carbocycles. The van der Waals surface area contributed by atoms with Crippen molar-refractivity contribution in [3.63, 3.8) is 0 Å². The maximum Gasteiger partial charge on any atom is 0.291 e. The van der Waals surface area contributed by atoms with E-state index in [1.54, 1.807) is 11.5 Å². The monoisotopic (exact) mass is 393 g/mol. The molecular formula is C23H25N2O4+. The van der Waals surface area contributed by atoms with Gasteiger partial charge in [0.25, 0.3) is 6.23 Å². The lowest BCUT2D eigenvalue weighted by atomic mass is 9.96. The lowest BCUT2D eigenvalue weighted by Gasteiger charge is -2.36. The highest BCUT2D eigenvalue weighted by Gasteiger charge is 2.46. The highest BCUT2D eigenvalue weighted by atomic mass is 16.5. The fourth-order valence-corrected chi connectivity index (χ4v) is 4.65. The Bertz CT molecular complexity index is 1250. The van der Waals surface area contributed by atoms with E-state index in [2.05, 4.69) is 31.0 Å². The quantitative estimate of drug-likeness (QED) is 0.374. The van der Waals surface area contributed by atoms with Gasteiger partial charge >= 0.3 is 0 Å². The molecule has 1 fully saturated rings. The zero-order valence-electron chi connectivity index (χ0n) is 16.6. The molecule has 5 rings (SSSR count). The van der Waals surface area contributed by atoms with Gasteiger partial charge in [-0.15, -0.1) is 0 Å². The molecule has 6 heteroatoms. The largest absolute Gasteiger partial charge is 0.388 e.